The minimum Gasteiger partial charge on any atom is -0.306 e. The molecule has 1 fully saturated rings. The molecule has 1 aliphatic carbocycles. The van der Waals surface area contributed by atoms with E-state index in [0.717, 1.165) is 22.8 Å². The molecular formula is C14H13N3O3S2. The molecular weight excluding hydrogens is 322 g/mol. The predicted molar refractivity (Wildman–Crippen MR) is 82.3 cm³/mol. The smallest absolute Gasteiger partial charge is 0.306 e. The fourth-order valence-electron chi connectivity index (χ4n) is 2.44. The number of urea groups is 1. The van der Waals surface area contributed by atoms with Crippen molar-refractivity contribution < 1.29 is 13.2 Å². The fraction of sp³-hybridized carbons (Fsp3) is 0.286. The van der Waals surface area contributed by atoms with Gasteiger partial charge in [0.05, 0.1) is 17.9 Å². The fourth-order valence-corrected chi connectivity index (χ4v) is 4.83. The highest BCUT2D eigenvalue weighted by atomic mass is 32.2. The van der Waals surface area contributed by atoms with Crippen LogP contribution in [0.25, 0.3) is 0 Å². The van der Waals surface area contributed by atoms with Crippen LogP contribution in [-0.2, 0) is 16.6 Å². The predicted octanol–water partition coefficient (Wildman–Crippen LogP) is 2.76. The molecule has 1 N–H and O–H groups in total. The molecule has 2 aromatic rings. The highest BCUT2D eigenvalue weighted by Crippen LogP contribution is 2.40. The number of nitrogens with one attached hydrogen (secondary N) is 1. The van der Waals surface area contributed by atoms with Crippen LogP contribution in [0.15, 0.2) is 34.5 Å². The molecule has 1 saturated carbocycles. The van der Waals surface area contributed by atoms with Gasteiger partial charge in [-0.05, 0) is 25.0 Å². The van der Waals surface area contributed by atoms with E-state index in [1.807, 2.05) is 5.38 Å². The summed E-state index contributed by atoms with van der Waals surface area (Å²) in [6.07, 6.45) is 2.28. The number of sulfonamides is 1. The van der Waals surface area contributed by atoms with Gasteiger partial charge in [-0.15, -0.1) is 11.3 Å². The number of nitrogens with zero attached hydrogens (tertiary/aromatic N) is 2. The Balaban J connectivity index is 1.67. The van der Waals surface area contributed by atoms with Crippen LogP contribution in [-0.4, -0.2) is 23.7 Å². The topological polar surface area (TPSA) is 79.4 Å². The molecule has 6 nitrogen and oxygen atoms in total. The lowest BCUT2D eigenvalue weighted by molar-refractivity contribution is 0.233. The highest BCUT2D eigenvalue weighted by Gasteiger charge is 2.37. The second-order valence-corrected chi connectivity index (χ2v) is 8.15. The standard InChI is InChI=1S/C14H13N3O3S2/c18-14-16-10-3-1-2-4-12(10)22(19,20)17(14)7-13-15-11(8-21-13)9-5-6-9/h1-4,8-9H,5-7H2,(H,16,18). The lowest BCUT2D eigenvalue weighted by Crippen LogP contribution is -2.43. The van der Waals surface area contributed by atoms with Crippen molar-refractivity contribution in [2.24, 2.45) is 0 Å². The zero-order valence-electron chi connectivity index (χ0n) is 11.5. The summed E-state index contributed by atoms with van der Waals surface area (Å²) < 4.78 is 26.1. The average molecular weight is 335 g/mol. The molecule has 0 radical (unpaired) electrons. The monoisotopic (exact) mass is 335 g/mol. The van der Waals surface area contributed by atoms with Gasteiger partial charge in [-0.3, -0.25) is 0 Å². The number of hydrogen-bond acceptors (Lipinski definition) is 5. The first kappa shape index (κ1) is 13.7. The molecule has 1 aromatic carbocycles. The third-order valence-corrected chi connectivity index (χ3v) is 6.41. The first-order valence-corrected chi connectivity index (χ1v) is 9.25. The van der Waals surface area contributed by atoms with Gasteiger partial charge in [0.1, 0.15) is 9.90 Å². The zero-order chi connectivity index (χ0) is 15.3. The van der Waals surface area contributed by atoms with Crippen LogP contribution in [0.5, 0.6) is 0 Å². The number of carbonyl (C=O) groups excluding carboxylic acids is 1. The molecule has 0 bridgehead atoms. The number of fused-ring (bicyclic) bond motifs is 1. The van der Waals surface area contributed by atoms with Crippen LogP contribution in [0, 0.1) is 0 Å². The first-order chi connectivity index (χ1) is 10.6. The quantitative estimate of drug-likeness (QED) is 0.935. The van der Waals surface area contributed by atoms with E-state index < -0.39 is 16.1 Å². The van der Waals surface area contributed by atoms with E-state index in [4.69, 9.17) is 0 Å². The maximum Gasteiger partial charge on any atom is 0.336 e. The number of para-hydroxylation sites is 1. The summed E-state index contributed by atoms with van der Waals surface area (Å²) in [5, 5.41) is 5.21. The van der Waals surface area contributed by atoms with E-state index in [1.54, 1.807) is 18.2 Å². The molecule has 0 saturated heterocycles. The van der Waals surface area contributed by atoms with E-state index in [0.29, 0.717) is 16.6 Å². The van der Waals surface area contributed by atoms with Crippen molar-refractivity contribution in [1.82, 2.24) is 9.29 Å². The average Bonchev–Trinajstić information content (AvgIpc) is 3.23. The lowest BCUT2D eigenvalue weighted by atomic mass is 10.3. The van der Waals surface area contributed by atoms with Crippen molar-refractivity contribution >= 4 is 33.1 Å². The Morgan fingerprint density at radius 3 is 2.86 bits per heavy atom. The number of benzene rings is 1. The van der Waals surface area contributed by atoms with Crippen molar-refractivity contribution in [1.29, 1.82) is 0 Å². The number of thiazole rings is 1. The van der Waals surface area contributed by atoms with E-state index in [2.05, 4.69) is 10.3 Å². The Morgan fingerprint density at radius 1 is 1.32 bits per heavy atom. The summed E-state index contributed by atoms with van der Waals surface area (Å²) in [6, 6.07) is 5.76. The van der Waals surface area contributed by atoms with Crippen LogP contribution in [0.1, 0.15) is 29.5 Å². The van der Waals surface area contributed by atoms with Crippen LogP contribution in [0.4, 0.5) is 10.5 Å². The Hall–Kier alpha value is -1.93. The van der Waals surface area contributed by atoms with Gasteiger partial charge < -0.3 is 5.32 Å². The lowest BCUT2D eigenvalue weighted by Gasteiger charge is -2.27. The number of amides is 2. The van der Waals surface area contributed by atoms with Crippen molar-refractivity contribution in [3.8, 4) is 0 Å². The Kier molecular flexibility index (Phi) is 2.98. The molecule has 2 heterocycles. The number of aromatic nitrogens is 1. The van der Waals surface area contributed by atoms with Crippen molar-refractivity contribution in [2.75, 3.05) is 5.32 Å². The van der Waals surface area contributed by atoms with Gasteiger partial charge in [-0.25, -0.2) is 22.5 Å². The molecule has 114 valence electrons. The summed E-state index contributed by atoms with van der Waals surface area (Å²) in [5.41, 5.74) is 1.33. The van der Waals surface area contributed by atoms with Gasteiger partial charge in [0.25, 0.3) is 10.0 Å². The van der Waals surface area contributed by atoms with E-state index in [1.165, 1.54) is 17.4 Å². The second kappa shape index (κ2) is 4.79. The number of carbonyl (C=O) groups is 1. The summed E-state index contributed by atoms with van der Waals surface area (Å²) in [4.78, 5) is 16.7. The van der Waals surface area contributed by atoms with Gasteiger partial charge in [0.15, 0.2) is 0 Å². The number of anilines is 1. The van der Waals surface area contributed by atoms with Crippen molar-refractivity contribution in [3.63, 3.8) is 0 Å². The van der Waals surface area contributed by atoms with Crippen LogP contribution < -0.4 is 5.32 Å². The molecule has 0 unspecified atom stereocenters. The number of hydrogen-bond donors (Lipinski definition) is 1. The van der Waals surface area contributed by atoms with Gasteiger partial charge in [0, 0.05) is 11.3 Å². The van der Waals surface area contributed by atoms with Crippen LogP contribution >= 0.6 is 11.3 Å². The van der Waals surface area contributed by atoms with Crippen molar-refractivity contribution in [3.05, 3.63) is 40.3 Å². The second-order valence-electron chi connectivity index (χ2n) is 5.38. The molecule has 1 aromatic heterocycles. The maximum absolute atomic E-state index is 12.6. The molecule has 2 aliphatic rings. The SMILES string of the molecule is O=C1Nc2ccccc2S(=O)(=O)N1Cc1nc(C2CC2)cs1. The normalized spacial score (nSPS) is 19.6. The highest BCUT2D eigenvalue weighted by molar-refractivity contribution is 7.90. The summed E-state index contributed by atoms with van der Waals surface area (Å²) in [6.45, 7) is -0.0279. The molecule has 0 spiro atoms. The minimum atomic E-state index is -3.84. The van der Waals surface area contributed by atoms with Gasteiger partial charge in [-0.1, -0.05) is 12.1 Å². The van der Waals surface area contributed by atoms with Crippen molar-refractivity contribution in [2.45, 2.75) is 30.2 Å². The maximum atomic E-state index is 12.6. The van der Waals surface area contributed by atoms with Gasteiger partial charge in [0.2, 0.25) is 0 Å². The Morgan fingerprint density at radius 2 is 2.09 bits per heavy atom. The summed E-state index contributed by atoms with van der Waals surface area (Å²) in [7, 11) is -3.84. The largest absolute Gasteiger partial charge is 0.336 e. The van der Waals surface area contributed by atoms with E-state index in [-0.39, 0.29) is 11.4 Å². The summed E-state index contributed by atoms with van der Waals surface area (Å²) in [5.74, 6) is 0.512. The first-order valence-electron chi connectivity index (χ1n) is 6.93. The molecule has 22 heavy (non-hydrogen) atoms. The minimum absolute atomic E-state index is 0.0279. The zero-order valence-corrected chi connectivity index (χ0v) is 13.2. The third-order valence-electron chi connectivity index (χ3n) is 3.77. The van der Waals surface area contributed by atoms with E-state index in [9.17, 15) is 13.2 Å². The Bertz CT molecular complexity index is 856. The molecule has 2 amide bonds. The van der Waals surface area contributed by atoms with Gasteiger partial charge in [-0.2, -0.15) is 0 Å². The third kappa shape index (κ3) is 2.19. The molecule has 8 heteroatoms. The number of rotatable bonds is 3. The van der Waals surface area contributed by atoms with Crippen LogP contribution in [0.2, 0.25) is 0 Å². The Labute approximate surface area is 131 Å². The molecule has 4 rings (SSSR count). The van der Waals surface area contributed by atoms with Gasteiger partial charge >= 0.3 is 6.03 Å². The van der Waals surface area contributed by atoms with Crippen LogP contribution in [0.3, 0.4) is 0 Å². The molecule has 1 aliphatic heterocycles. The molecule has 0 atom stereocenters. The summed E-state index contributed by atoms with van der Waals surface area (Å²) >= 11 is 1.40. The van der Waals surface area contributed by atoms with E-state index >= 15 is 0 Å².